The summed E-state index contributed by atoms with van der Waals surface area (Å²) in [5, 5.41) is 11.9. The summed E-state index contributed by atoms with van der Waals surface area (Å²) in [6.45, 7) is 2.32. The van der Waals surface area contributed by atoms with E-state index in [0.29, 0.717) is 38.0 Å². The van der Waals surface area contributed by atoms with Gasteiger partial charge in [0.15, 0.2) is 0 Å². The Balaban J connectivity index is 1.95. The summed E-state index contributed by atoms with van der Waals surface area (Å²) in [6.07, 6.45) is 3.05. The molecule has 2 saturated heterocycles. The molecule has 0 spiro atoms. The molecular weight excluding hydrogens is 356 g/mol. The highest BCUT2D eigenvalue weighted by Crippen LogP contribution is 2.52. The SMILES string of the molecule is CC[C@@]1([C@](O)(CCc2ccccc2)[C@H]2CCOC2=O)SCCC[S@]1=O. The molecule has 2 aliphatic heterocycles. The first-order valence-electron chi connectivity index (χ1n) is 8.99. The average Bonchev–Trinajstić information content (AvgIpc) is 3.08. The van der Waals surface area contributed by atoms with Crippen molar-refractivity contribution in [2.45, 2.75) is 48.7 Å². The molecule has 0 aromatic heterocycles. The Morgan fingerprint density at radius 2 is 2.16 bits per heavy atom. The van der Waals surface area contributed by atoms with E-state index in [-0.39, 0.29) is 5.97 Å². The van der Waals surface area contributed by atoms with Gasteiger partial charge in [-0.3, -0.25) is 9.00 Å². The summed E-state index contributed by atoms with van der Waals surface area (Å²) in [7, 11) is -1.17. The largest absolute Gasteiger partial charge is 0.465 e. The van der Waals surface area contributed by atoms with Gasteiger partial charge in [-0.05, 0) is 43.4 Å². The van der Waals surface area contributed by atoms with Crippen LogP contribution in [0, 0.1) is 5.92 Å². The number of benzene rings is 1. The number of esters is 1. The predicted octanol–water partition coefficient (Wildman–Crippen LogP) is 2.91. The van der Waals surface area contributed by atoms with Crippen molar-refractivity contribution >= 4 is 28.5 Å². The highest BCUT2D eigenvalue weighted by molar-refractivity contribution is 8.13. The molecule has 0 unspecified atom stereocenters. The highest BCUT2D eigenvalue weighted by Gasteiger charge is 2.61. The maximum absolute atomic E-state index is 13.0. The Labute approximate surface area is 156 Å². The van der Waals surface area contributed by atoms with E-state index in [1.807, 2.05) is 37.3 Å². The third-order valence-corrected chi connectivity index (χ3v) is 10.0. The van der Waals surface area contributed by atoms with Crippen molar-refractivity contribution in [3.63, 3.8) is 0 Å². The zero-order chi connectivity index (χ0) is 17.9. The number of cyclic esters (lactones) is 1. The topological polar surface area (TPSA) is 63.6 Å². The zero-order valence-corrected chi connectivity index (χ0v) is 16.2. The Morgan fingerprint density at radius 1 is 1.40 bits per heavy atom. The molecule has 25 heavy (non-hydrogen) atoms. The van der Waals surface area contributed by atoms with E-state index >= 15 is 0 Å². The normalized spacial score (nSPS) is 32.2. The fraction of sp³-hybridized carbons (Fsp3) is 0.632. The van der Waals surface area contributed by atoms with Crippen molar-refractivity contribution in [1.29, 1.82) is 0 Å². The lowest BCUT2D eigenvalue weighted by molar-refractivity contribution is -0.149. The van der Waals surface area contributed by atoms with Crippen LogP contribution in [0.25, 0.3) is 0 Å². The second kappa shape index (κ2) is 7.80. The fourth-order valence-corrected chi connectivity index (χ4v) is 8.31. The third-order valence-electron chi connectivity index (χ3n) is 5.45. The van der Waals surface area contributed by atoms with Crippen molar-refractivity contribution in [3.05, 3.63) is 35.9 Å². The maximum Gasteiger partial charge on any atom is 0.312 e. The molecule has 1 aromatic rings. The van der Waals surface area contributed by atoms with Crippen LogP contribution >= 0.6 is 11.8 Å². The van der Waals surface area contributed by atoms with Gasteiger partial charge in [0.1, 0.15) is 9.68 Å². The molecule has 0 bridgehead atoms. The molecule has 0 radical (unpaired) electrons. The lowest BCUT2D eigenvalue weighted by Crippen LogP contribution is -2.61. The first-order chi connectivity index (χ1) is 12.0. The second-order valence-electron chi connectivity index (χ2n) is 6.78. The van der Waals surface area contributed by atoms with Crippen LogP contribution in [0.3, 0.4) is 0 Å². The van der Waals surface area contributed by atoms with E-state index in [2.05, 4.69) is 0 Å². The Bertz CT molecular complexity index is 636. The molecule has 138 valence electrons. The lowest BCUT2D eigenvalue weighted by Gasteiger charge is -2.49. The van der Waals surface area contributed by atoms with Crippen LogP contribution in [0.1, 0.15) is 38.2 Å². The number of rotatable bonds is 6. The Morgan fingerprint density at radius 3 is 2.76 bits per heavy atom. The summed E-state index contributed by atoms with van der Waals surface area (Å²) in [6, 6.07) is 9.96. The van der Waals surface area contributed by atoms with Crippen molar-refractivity contribution in [3.8, 4) is 0 Å². The van der Waals surface area contributed by atoms with Crippen molar-refractivity contribution in [2.24, 2.45) is 5.92 Å². The summed E-state index contributed by atoms with van der Waals surface area (Å²) < 4.78 is 17.4. The van der Waals surface area contributed by atoms with E-state index < -0.39 is 26.4 Å². The third kappa shape index (κ3) is 3.40. The van der Waals surface area contributed by atoms with Gasteiger partial charge in [0.05, 0.1) is 12.5 Å². The van der Waals surface area contributed by atoms with E-state index in [1.165, 1.54) is 0 Å². The maximum atomic E-state index is 13.0. The number of hydrogen-bond donors (Lipinski definition) is 1. The van der Waals surface area contributed by atoms with Gasteiger partial charge in [0.2, 0.25) is 0 Å². The first-order valence-corrected chi connectivity index (χ1v) is 11.3. The highest BCUT2D eigenvalue weighted by atomic mass is 32.2. The molecule has 1 aromatic carbocycles. The monoisotopic (exact) mass is 382 g/mol. The van der Waals surface area contributed by atoms with E-state index in [0.717, 1.165) is 17.7 Å². The molecule has 0 aliphatic carbocycles. The molecular formula is C19H26O4S2. The van der Waals surface area contributed by atoms with E-state index in [9.17, 15) is 14.1 Å². The zero-order valence-electron chi connectivity index (χ0n) is 14.6. The summed E-state index contributed by atoms with van der Waals surface area (Å²) in [4.78, 5) is 12.3. The average molecular weight is 383 g/mol. The molecule has 4 atom stereocenters. The minimum Gasteiger partial charge on any atom is -0.465 e. The molecule has 1 N–H and O–H groups in total. The number of ether oxygens (including phenoxy) is 1. The second-order valence-corrected chi connectivity index (χ2v) is 10.2. The molecule has 0 amide bonds. The minimum atomic E-state index is -1.32. The minimum absolute atomic E-state index is 0.341. The van der Waals surface area contributed by atoms with Crippen LogP contribution in [0.5, 0.6) is 0 Å². The van der Waals surface area contributed by atoms with Gasteiger partial charge < -0.3 is 9.84 Å². The predicted molar refractivity (Wildman–Crippen MR) is 102 cm³/mol. The number of aliphatic hydroxyl groups is 1. The van der Waals surface area contributed by atoms with Crippen LogP contribution in [0.4, 0.5) is 0 Å². The fourth-order valence-electron chi connectivity index (χ4n) is 4.09. The van der Waals surface area contributed by atoms with Crippen LogP contribution in [-0.2, 0) is 26.8 Å². The summed E-state index contributed by atoms with van der Waals surface area (Å²) in [5.41, 5.74) is -0.202. The molecule has 3 rings (SSSR count). The van der Waals surface area contributed by atoms with Gasteiger partial charge in [-0.15, -0.1) is 11.8 Å². The van der Waals surface area contributed by atoms with Crippen LogP contribution in [0.15, 0.2) is 30.3 Å². The van der Waals surface area contributed by atoms with Crippen LogP contribution < -0.4 is 0 Å². The molecule has 4 nitrogen and oxygen atoms in total. The standard InChI is InChI=1S/C19H26O4S2/c1-2-19(24-13-6-14-25(19)22)18(21,16-10-12-23-17(16)20)11-9-15-7-4-3-5-8-15/h3-5,7-8,16,21H,2,6,9-14H2,1H3/t16-,18-,19+,25+/m0/s1. The first kappa shape index (κ1) is 18.9. The molecule has 2 aliphatic rings. The molecule has 2 fully saturated rings. The van der Waals surface area contributed by atoms with Gasteiger partial charge in [-0.1, -0.05) is 37.3 Å². The molecule has 2 heterocycles. The number of hydrogen-bond acceptors (Lipinski definition) is 5. The van der Waals surface area contributed by atoms with Crippen molar-refractivity contribution < 1.29 is 18.8 Å². The summed E-state index contributed by atoms with van der Waals surface area (Å²) in [5.74, 6) is 0.530. The van der Waals surface area contributed by atoms with Gasteiger partial charge in [0, 0.05) is 16.6 Å². The molecule has 6 heteroatoms. The van der Waals surface area contributed by atoms with Gasteiger partial charge in [-0.25, -0.2) is 0 Å². The lowest BCUT2D eigenvalue weighted by atomic mass is 9.77. The number of aryl methyl sites for hydroxylation is 1. The number of carbonyl (C=O) groups is 1. The van der Waals surface area contributed by atoms with Gasteiger partial charge >= 0.3 is 5.97 Å². The smallest absolute Gasteiger partial charge is 0.312 e. The van der Waals surface area contributed by atoms with Crippen molar-refractivity contribution in [2.75, 3.05) is 18.1 Å². The van der Waals surface area contributed by atoms with E-state index in [1.54, 1.807) is 11.8 Å². The van der Waals surface area contributed by atoms with Gasteiger partial charge in [0.25, 0.3) is 0 Å². The van der Waals surface area contributed by atoms with Gasteiger partial charge in [-0.2, -0.15) is 0 Å². The van der Waals surface area contributed by atoms with Crippen LogP contribution in [0.2, 0.25) is 0 Å². The Hall–Kier alpha value is -0.850. The molecule has 0 saturated carbocycles. The quantitative estimate of drug-likeness (QED) is 0.767. The van der Waals surface area contributed by atoms with Crippen LogP contribution in [-0.4, -0.2) is 43.1 Å². The van der Waals surface area contributed by atoms with Crippen molar-refractivity contribution in [1.82, 2.24) is 0 Å². The number of thioether (sulfide) groups is 1. The summed E-state index contributed by atoms with van der Waals surface area (Å²) >= 11 is 1.59. The Kier molecular flexibility index (Phi) is 5.91. The van der Waals surface area contributed by atoms with E-state index in [4.69, 9.17) is 4.74 Å². The number of carbonyl (C=O) groups excluding carboxylic acids is 1.